The van der Waals surface area contributed by atoms with Crippen LogP contribution in [0.25, 0.3) is 0 Å². The Bertz CT molecular complexity index is 412. The molecule has 0 N–H and O–H groups in total. The first-order chi connectivity index (χ1) is 8.07. The van der Waals surface area contributed by atoms with Crippen molar-refractivity contribution in [3.63, 3.8) is 0 Å². The molecule has 6 heteroatoms. The predicted octanol–water partition coefficient (Wildman–Crippen LogP) is 0.845. The van der Waals surface area contributed by atoms with Gasteiger partial charge in [-0.1, -0.05) is 11.5 Å². The summed E-state index contributed by atoms with van der Waals surface area (Å²) in [6.07, 6.45) is 0. The summed E-state index contributed by atoms with van der Waals surface area (Å²) in [5.41, 5.74) is 1.03. The summed E-state index contributed by atoms with van der Waals surface area (Å²) in [5, 5.41) is 0.481. The summed E-state index contributed by atoms with van der Waals surface area (Å²) < 4.78 is 28.4. The van der Waals surface area contributed by atoms with Crippen molar-refractivity contribution in [3.05, 3.63) is 18.2 Å². The van der Waals surface area contributed by atoms with Gasteiger partial charge >= 0.3 is 7.60 Å². The minimum Gasteiger partial charge on any atom is -0.496 e. The van der Waals surface area contributed by atoms with Crippen LogP contribution in [0.2, 0.25) is 0 Å². The highest BCUT2D eigenvalue weighted by Crippen LogP contribution is 2.48. The van der Waals surface area contributed by atoms with Crippen LogP contribution in [0.1, 0.15) is 13.8 Å². The standard InChI is InChI=1S/C11H18BO4P/c1-4-15-17(13,16-5-2)11-7-6-9(12)8-10(11)14-3/h6-8H,4-5,12H2,1-3H3. The summed E-state index contributed by atoms with van der Waals surface area (Å²) in [6, 6.07) is 5.42. The van der Waals surface area contributed by atoms with E-state index >= 15 is 0 Å². The lowest BCUT2D eigenvalue weighted by Crippen LogP contribution is -2.17. The molecule has 4 nitrogen and oxygen atoms in total. The van der Waals surface area contributed by atoms with Gasteiger partial charge in [0.25, 0.3) is 0 Å². The Morgan fingerprint density at radius 2 is 1.82 bits per heavy atom. The lowest BCUT2D eigenvalue weighted by molar-refractivity contribution is 0.229. The van der Waals surface area contributed by atoms with Crippen LogP contribution in [0.3, 0.4) is 0 Å². The van der Waals surface area contributed by atoms with Crippen LogP contribution < -0.4 is 15.5 Å². The van der Waals surface area contributed by atoms with E-state index in [1.807, 2.05) is 20.0 Å². The summed E-state index contributed by atoms with van der Waals surface area (Å²) >= 11 is 0. The maximum atomic E-state index is 12.6. The number of ether oxygens (including phenoxy) is 1. The van der Waals surface area contributed by atoms with E-state index in [1.54, 1.807) is 27.0 Å². The fraction of sp³-hybridized carbons (Fsp3) is 0.455. The third kappa shape index (κ3) is 3.35. The molecule has 0 saturated carbocycles. The number of hydrogen-bond donors (Lipinski definition) is 0. The summed E-state index contributed by atoms with van der Waals surface area (Å²) in [5.74, 6) is 0.537. The van der Waals surface area contributed by atoms with Gasteiger partial charge in [-0.05, 0) is 26.0 Å². The van der Waals surface area contributed by atoms with Gasteiger partial charge in [-0.15, -0.1) is 0 Å². The fourth-order valence-corrected chi connectivity index (χ4v) is 3.24. The third-order valence-corrected chi connectivity index (χ3v) is 4.38. The molecule has 1 aromatic carbocycles. The number of methoxy groups -OCH3 is 1. The molecule has 0 saturated heterocycles. The zero-order chi connectivity index (χ0) is 12.9. The quantitative estimate of drug-likeness (QED) is 0.559. The molecule has 0 amide bonds. The molecule has 0 spiro atoms. The Morgan fingerprint density at radius 3 is 2.29 bits per heavy atom. The summed E-state index contributed by atoms with van der Waals surface area (Å²) in [7, 11) is 0.215. The lowest BCUT2D eigenvalue weighted by atomic mass is 9.96. The van der Waals surface area contributed by atoms with Crippen molar-refractivity contribution in [2.75, 3.05) is 20.3 Å². The van der Waals surface area contributed by atoms with Gasteiger partial charge in [0.05, 0.1) is 20.3 Å². The molecule has 1 aromatic rings. The Kier molecular flexibility index (Phi) is 5.25. The molecular weight excluding hydrogens is 238 g/mol. The van der Waals surface area contributed by atoms with E-state index in [-0.39, 0.29) is 0 Å². The van der Waals surface area contributed by atoms with E-state index < -0.39 is 7.60 Å². The highest BCUT2D eigenvalue weighted by atomic mass is 31.2. The largest absolute Gasteiger partial charge is 0.496 e. The predicted molar refractivity (Wildman–Crippen MR) is 71.7 cm³/mol. The average molecular weight is 256 g/mol. The van der Waals surface area contributed by atoms with E-state index in [0.717, 1.165) is 5.46 Å². The molecule has 0 aliphatic carbocycles. The molecule has 94 valence electrons. The molecule has 0 atom stereocenters. The minimum atomic E-state index is -3.27. The summed E-state index contributed by atoms with van der Waals surface area (Å²) in [4.78, 5) is 0. The minimum absolute atomic E-state index is 0.328. The first-order valence-electron chi connectivity index (χ1n) is 5.61. The van der Waals surface area contributed by atoms with Crippen molar-refractivity contribution < 1.29 is 18.3 Å². The lowest BCUT2D eigenvalue weighted by Gasteiger charge is -2.19. The van der Waals surface area contributed by atoms with Gasteiger partial charge in [0.15, 0.2) is 0 Å². The Morgan fingerprint density at radius 1 is 1.24 bits per heavy atom. The highest BCUT2D eigenvalue weighted by Gasteiger charge is 2.30. The molecular formula is C11H18BO4P. The molecule has 0 bridgehead atoms. The molecule has 0 aliphatic heterocycles. The smallest absolute Gasteiger partial charge is 0.365 e. The maximum Gasteiger partial charge on any atom is 0.365 e. The monoisotopic (exact) mass is 256 g/mol. The van der Waals surface area contributed by atoms with Gasteiger partial charge in [0.2, 0.25) is 0 Å². The van der Waals surface area contributed by atoms with Crippen LogP contribution in [0.5, 0.6) is 5.75 Å². The SMILES string of the molecule is Bc1ccc(P(=O)(OCC)OCC)c(OC)c1. The zero-order valence-electron chi connectivity index (χ0n) is 10.7. The van der Waals surface area contributed by atoms with Crippen molar-refractivity contribution in [1.29, 1.82) is 0 Å². The second kappa shape index (κ2) is 6.24. The van der Waals surface area contributed by atoms with Crippen LogP contribution in [-0.2, 0) is 13.6 Å². The third-order valence-electron chi connectivity index (χ3n) is 2.23. The van der Waals surface area contributed by atoms with Gasteiger partial charge in [-0.2, -0.15) is 0 Å². The van der Waals surface area contributed by atoms with Gasteiger partial charge in [0, 0.05) is 0 Å². The van der Waals surface area contributed by atoms with E-state index in [9.17, 15) is 4.57 Å². The Balaban J connectivity index is 3.22. The molecule has 0 aromatic heterocycles. The Labute approximate surface area is 103 Å². The van der Waals surface area contributed by atoms with Crippen molar-refractivity contribution in [2.45, 2.75) is 13.8 Å². The second-order valence-electron chi connectivity index (χ2n) is 3.51. The van der Waals surface area contributed by atoms with E-state index in [1.165, 1.54) is 0 Å². The first-order valence-corrected chi connectivity index (χ1v) is 7.16. The van der Waals surface area contributed by atoms with Crippen LogP contribution in [-0.4, -0.2) is 28.2 Å². The Hall–Kier alpha value is -0.765. The van der Waals surface area contributed by atoms with Gasteiger partial charge < -0.3 is 13.8 Å². The topological polar surface area (TPSA) is 44.8 Å². The first kappa shape index (κ1) is 14.3. The maximum absolute atomic E-state index is 12.6. The van der Waals surface area contributed by atoms with Crippen LogP contribution in [0, 0.1) is 0 Å². The van der Waals surface area contributed by atoms with E-state index in [4.69, 9.17) is 13.8 Å². The van der Waals surface area contributed by atoms with Gasteiger partial charge in [0.1, 0.15) is 18.9 Å². The normalized spacial score (nSPS) is 11.5. The molecule has 0 radical (unpaired) electrons. The van der Waals surface area contributed by atoms with E-state index in [2.05, 4.69) is 0 Å². The van der Waals surface area contributed by atoms with Crippen molar-refractivity contribution in [3.8, 4) is 5.75 Å². The van der Waals surface area contributed by atoms with Gasteiger partial charge in [-0.25, -0.2) is 0 Å². The number of benzene rings is 1. The molecule has 17 heavy (non-hydrogen) atoms. The van der Waals surface area contributed by atoms with E-state index in [0.29, 0.717) is 24.3 Å². The molecule has 1 rings (SSSR count). The van der Waals surface area contributed by atoms with Crippen molar-refractivity contribution >= 4 is 26.2 Å². The average Bonchev–Trinajstić information content (AvgIpc) is 2.29. The van der Waals surface area contributed by atoms with Crippen molar-refractivity contribution in [1.82, 2.24) is 0 Å². The van der Waals surface area contributed by atoms with Gasteiger partial charge in [-0.3, -0.25) is 4.57 Å². The second-order valence-corrected chi connectivity index (χ2v) is 5.50. The molecule has 0 aliphatic rings. The molecule has 0 unspecified atom stereocenters. The summed E-state index contributed by atoms with van der Waals surface area (Å²) in [6.45, 7) is 4.22. The molecule has 0 heterocycles. The molecule has 0 fully saturated rings. The van der Waals surface area contributed by atoms with Crippen LogP contribution in [0.15, 0.2) is 18.2 Å². The highest BCUT2D eigenvalue weighted by molar-refractivity contribution is 7.62. The number of hydrogen-bond acceptors (Lipinski definition) is 4. The fourth-order valence-electron chi connectivity index (χ4n) is 1.53. The van der Waals surface area contributed by atoms with Crippen LogP contribution >= 0.6 is 7.60 Å². The zero-order valence-corrected chi connectivity index (χ0v) is 11.6. The number of rotatable bonds is 6. The van der Waals surface area contributed by atoms with Crippen molar-refractivity contribution in [2.24, 2.45) is 0 Å². The van der Waals surface area contributed by atoms with Crippen LogP contribution in [0.4, 0.5) is 0 Å².